The van der Waals surface area contributed by atoms with E-state index in [0.717, 1.165) is 24.3 Å². The maximum Gasteiger partial charge on any atom is 0.161 e. The van der Waals surface area contributed by atoms with Crippen LogP contribution in [0.4, 0.5) is 0 Å². The van der Waals surface area contributed by atoms with Crippen molar-refractivity contribution >= 4 is 5.78 Å². The molecular weight excluding hydrogens is 216 g/mol. The number of rotatable bonds is 8. The van der Waals surface area contributed by atoms with Crippen molar-refractivity contribution in [2.75, 3.05) is 13.2 Å². The highest BCUT2D eigenvalue weighted by molar-refractivity contribution is 5.75. The molecule has 0 aliphatic rings. The molecule has 0 saturated heterocycles. The number of ether oxygens (including phenoxy) is 2. The maximum atomic E-state index is 10.8. The number of Topliss-reactive ketones (excluding diaryl/α,β-unsaturated/α-hetero) is 1. The molecule has 17 heavy (non-hydrogen) atoms. The Balaban J connectivity index is 2.43. The van der Waals surface area contributed by atoms with Gasteiger partial charge in [-0.3, -0.25) is 0 Å². The summed E-state index contributed by atoms with van der Waals surface area (Å²) in [6.07, 6.45) is 2.29. The summed E-state index contributed by atoms with van der Waals surface area (Å²) in [6, 6.07) is 7.63. The summed E-state index contributed by atoms with van der Waals surface area (Å²) in [7, 11) is 0. The number of hydrogen-bond donors (Lipinski definition) is 0. The standard InChI is InChI=1S/C14H20O3/c1-3-10-16-13-8-4-5-9-14(13)17-11-6-7-12(2)15/h4-5,8-9H,3,6-7,10-11H2,1-2H3. The van der Waals surface area contributed by atoms with Gasteiger partial charge in [-0.15, -0.1) is 0 Å². The molecule has 1 aromatic carbocycles. The number of benzene rings is 1. The van der Waals surface area contributed by atoms with E-state index in [2.05, 4.69) is 6.92 Å². The van der Waals surface area contributed by atoms with Gasteiger partial charge in [0, 0.05) is 6.42 Å². The Bertz CT molecular complexity index is 347. The molecule has 0 saturated carbocycles. The lowest BCUT2D eigenvalue weighted by Gasteiger charge is -2.11. The van der Waals surface area contributed by atoms with E-state index in [-0.39, 0.29) is 5.78 Å². The fraction of sp³-hybridized carbons (Fsp3) is 0.500. The molecule has 0 heterocycles. The van der Waals surface area contributed by atoms with E-state index in [0.29, 0.717) is 19.6 Å². The third-order valence-corrected chi connectivity index (χ3v) is 2.24. The molecule has 94 valence electrons. The normalized spacial score (nSPS) is 10.0. The van der Waals surface area contributed by atoms with E-state index in [9.17, 15) is 4.79 Å². The van der Waals surface area contributed by atoms with Crippen molar-refractivity contribution in [1.82, 2.24) is 0 Å². The lowest BCUT2D eigenvalue weighted by atomic mass is 10.2. The van der Waals surface area contributed by atoms with Gasteiger partial charge in [0.2, 0.25) is 0 Å². The summed E-state index contributed by atoms with van der Waals surface area (Å²) >= 11 is 0. The van der Waals surface area contributed by atoms with E-state index >= 15 is 0 Å². The van der Waals surface area contributed by atoms with E-state index in [4.69, 9.17) is 9.47 Å². The van der Waals surface area contributed by atoms with Gasteiger partial charge in [-0.1, -0.05) is 19.1 Å². The number of carbonyl (C=O) groups excluding carboxylic acids is 1. The molecule has 0 aliphatic carbocycles. The molecular formula is C14H20O3. The van der Waals surface area contributed by atoms with Gasteiger partial charge in [0.15, 0.2) is 11.5 Å². The summed E-state index contributed by atoms with van der Waals surface area (Å²) in [5.41, 5.74) is 0. The third-order valence-electron chi connectivity index (χ3n) is 2.24. The largest absolute Gasteiger partial charge is 0.490 e. The smallest absolute Gasteiger partial charge is 0.161 e. The first-order valence-electron chi connectivity index (χ1n) is 6.08. The Labute approximate surface area is 103 Å². The van der Waals surface area contributed by atoms with Gasteiger partial charge in [-0.2, -0.15) is 0 Å². The van der Waals surface area contributed by atoms with Crippen LogP contribution in [0.3, 0.4) is 0 Å². The van der Waals surface area contributed by atoms with Gasteiger partial charge in [0.05, 0.1) is 13.2 Å². The quantitative estimate of drug-likeness (QED) is 0.650. The van der Waals surface area contributed by atoms with Crippen LogP contribution < -0.4 is 9.47 Å². The Morgan fingerprint density at radius 3 is 2.24 bits per heavy atom. The molecule has 0 atom stereocenters. The lowest BCUT2D eigenvalue weighted by molar-refractivity contribution is -0.117. The minimum absolute atomic E-state index is 0.198. The van der Waals surface area contributed by atoms with Crippen molar-refractivity contribution < 1.29 is 14.3 Å². The molecule has 0 spiro atoms. The monoisotopic (exact) mass is 236 g/mol. The summed E-state index contributed by atoms with van der Waals surface area (Å²) in [6.45, 7) is 4.90. The van der Waals surface area contributed by atoms with Crippen LogP contribution in [0.5, 0.6) is 11.5 Å². The third kappa shape index (κ3) is 5.38. The van der Waals surface area contributed by atoms with Crippen LogP contribution in [-0.2, 0) is 4.79 Å². The predicted octanol–water partition coefficient (Wildman–Crippen LogP) is 3.22. The molecule has 0 unspecified atom stereocenters. The van der Waals surface area contributed by atoms with Gasteiger partial charge < -0.3 is 14.3 Å². The predicted molar refractivity (Wildman–Crippen MR) is 67.6 cm³/mol. The molecule has 1 aromatic rings. The SMILES string of the molecule is CCCOc1ccccc1OCCCC(C)=O. The van der Waals surface area contributed by atoms with E-state index in [1.165, 1.54) is 0 Å². The second-order valence-electron chi connectivity index (χ2n) is 3.95. The molecule has 0 fully saturated rings. The average Bonchev–Trinajstić information content (AvgIpc) is 2.33. The zero-order valence-corrected chi connectivity index (χ0v) is 10.6. The highest BCUT2D eigenvalue weighted by Gasteiger charge is 2.03. The summed E-state index contributed by atoms with van der Waals surface area (Å²) in [5.74, 6) is 1.73. The lowest BCUT2D eigenvalue weighted by Crippen LogP contribution is -2.03. The van der Waals surface area contributed by atoms with Crippen molar-refractivity contribution in [3.05, 3.63) is 24.3 Å². The minimum Gasteiger partial charge on any atom is -0.490 e. The fourth-order valence-corrected chi connectivity index (χ4v) is 1.40. The summed E-state index contributed by atoms with van der Waals surface area (Å²) < 4.78 is 11.2. The Kier molecular flexibility index (Phi) is 6.15. The van der Waals surface area contributed by atoms with Crippen LogP contribution in [0.15, 0.2) is 24.3 Å². The van der Waals surface area contributed by atoms with E-state index < -0.39 is 0 Å². The average molecular weight is 236 g/mol. The summed E-state index contributed by atoms with van der Waals surface area (Å²) in [5, 5.41) is 0. The zero-order chi connectivity index (χ0) is 12.5. The van der Waals surface area contributed by atoms with Crippen molar-refractivity contribution in [3.63, 3.8) is 0 Å². The first-order valence-corrected chi connectivity index (χ1v) is 6.08. The van der Waals surface area contributed by atoms with Gasteiger partial charge in [0.25, 0.3) is 0 Å². The van der Waals surface area contributed by atoms with Crippen molar-refractivity contribution in [2.45, 2.75) is 33.1 Å². The molecule has 1 rings (SSSR count). The van der Waals surface area contributed by atoms with Gasteiger partial charge in [-0.25, -0.2) is 0 Å². The maximum absolute atomic E-state index is 10.8. The fourth-order valence-electron chi connectivity index (χ4n) is 1.40. The van der Waals surface area contributed by atoms with Crippen LogP contribution in [0.2, 0.25) is 0 Å². The Morgan fingerprint density at radius 2 is 1.71 bits per heavy atom. The number of ketones is 1. The molecule has 3 nitrogen and oxygen atoms in total. The topological polar surface area (TPSA) is 35.5 Å². The number of carbonyl (C=O) groups is 1. The van der Waals surface area contributed by atoms with Gasteiger partial charge in [-0.05, 0) is 31.9 Å². The molecule has 0 aromatic heterocycles. The highest BCUT2D eigenvalue weighted by atomic mass is 16.5. The second kappa shape index (κ2) is 7.71. The van der Waals surface area contributed by atoms with Gasteiger partial charge >= 0.3 is 0 Å². The van der Waals surface area contributed by atoms with Crippen LogP contribution in [0, 0.1) is 0 Å². The number of hydrogen-bond acceptors (Lipinski definition) is 3. The van der Waals surface area contributed by atoms with Crippen LogP contribution >= 0.6 is 0 Å². The van der Waals surface area contributed by atoms with Crippen LogP contribution in [0.25, 0.3) is 0 Å². The molecule has 0 radical (unpaired) electrons. The molecule has 0 bridgehead atoms. The summed E-state index contributed by atoms with van der Waals surface area (Å²) in [4.78, 5) is 10.8. The number of para-hydroxylation sites is 2. The second-order valence-corrected chi connectivity index (χ2v) is 3.95. The molecule has 0 amide bonds. The Hall–Kier alpha value is -1.51. The van der Waals surface area contributed by atoms with E-state index in [1.807, 2.05) is 24.3 Å². The molecule has 0 aliphatic heterocycles. The molecule has 0 N–H and O–H groups in total. The van der Waals surface area contributed by atoms with Crippen molar-refractivity contribution in [3.8, 4) is 11.5 Å². The first-order chi connectivity index (χ1) is 8.24. The van der Waals surface area contributed by atoms with E-state index in [1.54, 1.807) is 6.92 Å². The van der Waals surface area contributed by atoms with Crippen LogP contribution in [0.1, 0.15) is 33.1 Å². The first kappa shape index (κ1) is 13.6. The molecule has 3 heteroatoms. The zero-order valence-electron chi connectivity index (χ0n) is 10.6. The van der Waals surface area contributed by atoms with Crippen molar-refractivity contribution in [2.24, 2.45) is 0 Å². The van der Waals surface area contributed by atoms with Gasteiger partial charge in [0.1, 0.15) is 5.78 Å². The van der Waals surface area contributed by atoms with Crippen LogP contribution in [-0.4, -0.2) is 19.0 Å². The highest BCUT2D eigenvalue weighted by Crippen LogP contribution is 2.26. The van der Waals surface area contributed by atoms with Crippen molar-refractivity contribution in [1.29, 1.82) is 0 Å². The Morgan fingerprint density at radius 1 is 1.12 bits per heavy atom. The minimum atomic E-state index is 0.198.